The number of anilines is 1. The van der Waals surface area contributed by atoms with Crippen LogP contribution >= 0.6 is 0 Å². The lowest BCUT2D eigenvalue weighted by molar-refractivity contribution is 0.102. The van der Waals surface area contributed by atoms with E-state index in [9.17, 15) is 9.59 Å². The molecule has 0 spiro atoms. The molecule has 0 saturated heterocycles. The summed E-state index contributed by atoms with van der Waals surface area (Å²) in [5.74, 6) is -0.205. The van der Waals surface area contributed by atoms with E-state index >= 15 is 0 Å². The summed E-state index contributed by atoms with van der Waals surface area (Å²) < 4.78 is 5.81. The zero-order chi connectivity index (χ0) is 25.5. The number of hydrogen-bond acceptors (Lipinski definition) is 4. The Morgan fingerprint density at radius 3 is 2.03 bits per heavy atom. The zero-order valence-corrected chi connectivity index (χ0v) is 20.1. The van der Waals surface area contributed by atoms with Crippen molar-refractivity contribution in [2.75, 3.05) is 5.32 Å². The third-order valence-corrected chi connectivity index (χ3v) is 5.90. The molecule has 0 aliphatic heterocycles. The standard InChI is InChI=1S/C31H25N3O3/c35-30(33-27-18-9-15-25-16-10-20-32-29(25)27)26-17-7-8-19-28(26)37-31(36)34(21-23-11-3-1-4-12-23)22-24-13-5-2-6-14-24/h1-20H,21-22H2,(H,33,35). The molecule has 2 amide bonds. The minimum absolute atomic E-state index is 0.185. The van der Waals surface area contributed by atoms with Gasteiger partial charge in [-0.1, -0.05) is 91.0 Å². The number of para-hydroxylation sites is 2. The van der Waals surface area contributed by atoms with E-state index in [1.807, 2.05) is 84.9 Å². The molecule has 182 valence electrons. The van der Waals surface area contributed by atoms with Gasteiger partial charge in [0.2, 0.25) is 0 Å². The van der Waals surface area contributed by atoms with Gasteiger partial charge in [-0.2, -0.15) is 0 Å². The molecule has 37 heavy (non-hydrogen) atoms. The Hall–Kier alpha value is -4.97. The van der Waals surface area contributed by atoms with Crippen LogP contribution in [0.15, 0.2) is 121 Å². The minimum atomic E-state index is -0.542. The number of rotatable bonds is 7. The van der Waals surface area contributed by atoms with Crippen LogP contribution in [0.1, 0.15) is 21.5 Å². The number of pyridine rings is 1. The SMILES string of the molecule is O=C(Nc1cccc2cccnc12)c1ccccc1OC(=O)N(Cc1ccccc1)Cc1ccccc1. The maximum absolute atomic E-state index is 13.4. The molecule has 5 rings (SSSR count). The van der Waals surface area contributed by atoms with E-state index in [2.05, 4.69) is 10.3 Å². The first-order valence-corrected chi connectivity index (χ1v) is 12.0. The summed E-state index contributed by atoms with van der Waals surface area (Å²) in [6.45, 7) is 0.731. The number of carbonyl (C=O) groups is 2. The summed E-state index contributed by atoms with van der Waals surface area (Å²) in [4.78, 5) is 32.7. The van der Waals surface area contributed by atoms with Gasteiger partial charge in [-0.15, -0.1) is 0 Å². The smallest absolute Gasteiger partial charge is 0.409 e. The van der Waals surface area contributed by atoms with E-state index in [-0.39, 0.29) is 17.2 Å². The quantitative estimate of drug-likeness (QED) is 0.278. The molecule has 1 N–H and O–H groups in total. The van der Waals surface area contributed by atoms with Gasteiger partial charge in [0.25, 0.3) is 5.91 Å². The van der Waals surface area contributed by atoms with Crippen LogP contribution in [-0.2, 0) is 13.1 Å². The van der Waals surface area contributed by atoms with E-state index in [0.29, 0.717) is 24.3 Å². The van der Waals surface area contributed by atoms with Crippen molar-refractivity contribution in [2.45, 2.75) is 13.1 Å². The van der Waals surface area contributed by atoms with Crippen molar-refractivity contribution in [3.63, 3.8) is 0 Å². The van der Waals surface area contributed by atoms with Crippen molar-refractivity contribution in [3.8, 4) is 5.75 Å². The lowest BCUT2D eigenvalue weighted by Crippen LogP contribution is -2.33. The van der Waals surface area contributed by atoms with Gasteiger partial charge in [0.05, 0.1) is 16.8 Å². The largest absolute Gasteiger partial charge is 0.415 e. The van der Waals surface area contributed by atoms with Gasteiger partial charge in [0.1, 0.15) is 5.75 Å². The van der Waals surface area contributed by atoms with Crippen molar-refractivity contribution >= 4 is 28.6 Å². The lowest BCUT2D eigenvalue weighted by atomic mass is 10.1. The molecule has 4 aromatic carbocycles. The molecule has 0 aliphatic carbocycles. The Balaban J connectivity index is 1.38. The second-order valence-electron chi connectivity index (χ2n) is 8.53. The van der Waals surface area contributed by atoms with Crippen molar-refractivity contribution in [1.29, 1.82) is 0 Å². The molecule has 0 bridgehead atoms. The van der Waals surface area contributed by atoms with Crippen LogP contribution in [0.5, 0.6) is 5.75 Å². The summed E-state index contributed by atoms with van der Waals surface area (Å²) in [7, 11) is 0. The lowest BCUT2D eigenvalue weighted by Gasteiger charge is -2.23. The molecule has 0 saturated carbocycles. The van der Waals surface area contributed by atoms with Gasteiger partial charge in [0, 0.05) is 24.7 Å². The fourth-order valence-electron chi connectivity index (χ4n) is 4.09. The number of amides is 2. The molecule has 0 aliphatic rings. The molecule has 1 heterocycles. The first-order chi connectivity index (χ1) is 18.2. The number of benzene rings is 4. The molecule has 0 fully saturated rings. The van der Waals surface area contributed by atoms with Crippen LogP contribution in [0.25, 0.3) is 10.9 Å². The number of aromatic nitrogens is 1. The molecule has 0 atom stereocenters. The maximum Gasteiger partial charge on any atom is 0.415 e. The monoisotopic (exact) mass is 487 g/mol. The van der Waals surface area contributed by atoms with Gasteiger partial charge >= 0.3 is 6.09 Å². The number of nitrogens with zero attached hydrogens (tertiary/aromatic N) is 2. The first-order valence-electron chi connectivity index (χ1n) is 12.0. The Labute approximate surface area is 215 Å². The van der Waals surface area contributed by atoms with Crippen LogP contribution in [0.4, 0.5) is 10.5 Å². The summed E-state index contributed by atoms with van der Waals surface area (Å²) >= 11 is 0. The third kappa shape index (κ3) is 5.82. The second kappa shape index (κ2) is 11.2. The van der Waals surface area contributed by atoms with E-state index in [1.54, 1.807) is 41.4 Å². The van der Waals surface area contributed by atoms with Crippen molar-refractivity contribution < 1.29 is 14.3 Å². The van der Waals surface area contributed by atoms with Gasteiger partial charge in [-0.05, 0) is 35.4 Å². The van der Waals surface area contributed by atoms with E-state index < -0.39 is 6.09 Å². The molecule has 6 nitrogen and oxygen atoms in total. The minimum Gasteiger partial charge on any atom is -0.409 e. The number of ether oxygens (including phenoxy) is 1. The van der Waals surface area contributed by atoms with Crippen molar-refractivity contribution in [1.82, 2.24) is 9.88 Å². The predicted molar refractivity (Wildman–Crippen MR) is 144 cm³/mol. The summed E-state index contributed by atoms with van der Waals surface area (Å²) in [5.41, 5.74) is 3.47. The maximum atomic E-state index is 13.4. The highest BCUT2D eigenvalue weighted by Crippen LogP contribution is 2.25. The Kier molecular flexibility index (Phi) is 7.18. The Morgan fingerprint density at radius 2 is 1.32 bits per heavy atom. The molecule has 6 heteroatoms. The average Bonchev–Trinajstić information content (AvgIpc) is 2.94. The van der Waals surface area contributed by atoms with Crippen LogP contribution in [-0.4, -0.2) is 21.9 Å². The third-order valence-electron chi connectivity index (χ3n) is 5.90. The van der Waals surface area contributed by atoms with Gasteiger partial charge in [-0.3, -0.25) is 14.7 Å². The van der Waals surface area contributed by atoms with E-state index in [1.165, 1.54) is 0 Å². The number of hydrogen-bond donors (Lipinski definition) is 1. The highest BCUT2D eigenvalue weighted by atomic mass is 16.6. The Bertz CT molecular complexity index is 1470. The van der Waals surface area contributed by atoms with Crippen molar-refractivity contribution in [2.24, 2.45) is 0 Å². The zero-order valence-electron chi connectivity index (χ0n) is 20.1. The molecule has 5 aromatic rings. The predicted octanol–water partition coefficient (Wildman–Crippen LogP) is 6.69. The topological polar surface area (TPSA) is 71.5 Å². The van der Waals surface area contributed by atoms with Crippen LogP contribution in [0.2, 0.25) is 0 Å². The van der Waals surface area contributed by atoms with Gasteiger partial charge in [-0.25, -0.2) is 4.79 Å². The number of nitrogens with one attached hydrogen (secondary N) is 1. The summed E-state index contributed by atoms with van der Waals surface area (Å²) in [6, 6.07) is 35.5. The van der Waals surface area contributed by atoms with Crippen LogP contribution < -0.4 is 10.1 Å². The fourth-order valence-corrected chi connectivity index (χ4v) is 4.09. The summed E-state index contributed by atoms with van der Waals surface area (Å²) in [5, 5.41) is 3.83. The molecule has 1 aromatic heterocycles. The number of fused-ring (bicyclic) bond motifs is 1. The molecule has 0 unspecified atom stereocenters. The van der Waals surface area contributed by atoms with Crippen LogP contribution in [0.3, 0.4) is 0 Å². The molecule has 0 radical (unpaired) electrons. The van der Waals surface area contributed by atoms with Crippen LogP contribution in [0, 0.1) is 0 Å². The highest BCUT2D eigenvalue weighted by molar-refractivity contribution is 6.09. The van der Waals surface area contributed by atoms with Crippen molar-refractivity contribution in [3.05, 3.63) is 138 Å². The second-order valence-corrected chi connectivity index (χ2v) is 8.53. The number of carbonyl (C=O) groups excluding carboxylic acids is 2. The summed E-state index contributed by atoms with van der Waals surface area (Å²) in [6.07, 6.45) is 1.14. The van der Waals surface area contributed by atoms with E-state index in [4.69, 9.17) is 4.74 Å². The highest BCUT2D eigenvalue weighted by Gasteiger charge is 2.21. The normalized spacial score (nSPS) is 10.6. The molecular formula is C31H25N3O3. The Morgan fingerprint density at radius 1 is 0.703 bits per heavy atom. The van der Waals surface area contributed by atoms with E-state index in [0.717, 1.165) is 16.5 Å². The molecular weight excluding hydrogens is 462 g/mol. The fraction of sp³-hybridized carbons (Fsp3) is 0.0645. The average molecular weight is 488 g/mol. The first kappa shape index (κ1) is 23.8. The van der Waals surface area contributed by atoms with Gasteiger partial charge in [0.15, 0.2) is 0 Å². The van der Waals surface area contributed by atoms with Gasteiger partial charge < -0.3 is 10.1 Å².